The number of unbranched alkanes of at least 4 members (excludes halogenated alkanes) is 2. The number of likely N-dealkylation sites (tertiary alicyclic amines) is 1. The maximum absolute atomic E-state index is 12.5. The summed E-state index contributed by atoms with van der Waals surface area (Å²) in [6.07, 6.45) is 8.95. The summed E-state index contributed by atoms with van der Waals surface area (Å²) in [5.41, 5.74) is 0.585. The van der Waals surface area contributed by atoms with Crippen molar-refractivity contribution in [2.24, 2.45) is 11.1 Å². The molecule has 2 heterocycles. The zero-order valence-electron chi connectivity index (χ0n) is 16.5. The Balaban J connectivity index is 1.33. The van der Waals surface area contributed by atoms with Crippen LogP contribution in [0.3, 0.4) is 0 Å². The second kappa shape index (κ2) is 10.00. The molecule has 0 saturated carbocycles. The van der Waals surface area contributed by atoms with Gasteiger partial charge in [-0.05, 0) is 75.6 Å². The van der Waals surface area contributed by atoms with E-state index in [1.54, 1.807) is 18.3 Å². The smallest absolute Gasteiger partial charge is 0.238 e. The zero-order chi connectivity index (χ0) is 20.7. The lowest BCUT2D eigenvalue weighted by Crippen LogP contribution is -2.38. The fourth-order valence-electron chi connectivity index (χ4n) is 3.61. The standard InChI is InChI=1S/C20H29N5O3S/c21-29(27,28)19-7-5-18(6-8-19)23-20(26)17-9-15-24(16-10-17)12-2-1-3-13-25-14-4-11-22-25/h4-8,11,14,17H,1-3,9-10,12-13,15-16H2,(H,23,26)(H2,21,27,28). The molecule has 0 radical (unpaired) electrons. The molecule has 1 aromatic carbocycles. The zero-order valence-corrected chi connectivity index (χ0v) is 17.4. The van der Waals surface area contributed by atoms with Gasteiger partial charge in [-0.1, -0.05) is 6.42 Å². The highest BCUT2D eigenvalue weighted by molar-refractivity contribution is 7.89. The van der Waals surface area contributed by atoms with Crippen molar-refractivity contribution in [1.29, 1.82) is 0 Å². The average molecular weight is 420 g/mol. The molecule has 1 saturated heterocycles. The molecule has 0 aliphatic carbocycles. The van der Waals surface area contributed by atoms with E-state index >= 15 is 0 Å². The molecule has 8 nitrogen and oxygen atoms in total. The van der Waals surface area contributed by atoms with Crippen molar-refractivity contribution >= 4 is 21.6 Å². The SMILES string of the molecule is NS(=O)(=O)c1ccc(NC(=O)C2CCN(CCCCCn3cccn3)CC2)cc1. The van der Waals surface area contributed by atoms with Gasteiger partial charge in [-0.15, -0.1) is 0 Å². The molecule has 2 aromatic rings. The third-order valence-corrected chi connectivity index (χ3v) is 6.26. The number of sulfonamides is 1. The molecule has 1 aromatic heterocycles. The van der Waals surface area contributed by atoms with E-state index in [1.807, 2.05) is 16.9 Å². The first-order valence-corrected chi connectivity index (χ1v) is 11.6. The first-order valence-electron chi connectivity index (χ1n) is 10.1. The van der Waals surface area contributed by atoms with Crippen LogP contribution < -0.4 is 10.5 Å². The van der Waals surface area contributed by atoms with Crippen molar-refractivity contribution in [2.75, 3.05) is 25.0 Å². The number of benzene rings is 1. The Morgan fingerprint density at radius 1 is 1.10 bits per heavy atom. The molecule has 0 bridgehead atoms. The van der Waals surface area contributed by atoms with Crippen molar-refractivity contribution in [3.63, 3.8) is 0 Å². The Morgan fingerprint density at radius 3 is 2.41 bits per heavy atom. The Morgan fingerprint density at radius 2 is 1.79 bits per heavy atom. The van der Waals surface area contributed by atoms with E-state index in [2.05, 4.69) is 15.3 Å². The highest BCUT2D eigenvalue weighted by Gasteiger charge is 2.24. The number of carbonyl (C=O) groups is 1. The number of nitrogens with one attached hydrogen (secondary N) is 1. The Kier molecular flexibility index (Phi) is 7.40. The predicted octanol–water partition coefficient (Wildman–Crippen LogP) is 2.05. The number of aryl methyl sites for hydroxylation is 1. The molecule has 29 heavy (non-hydrogen) atoms. The highest BCUT2D eigenvalue weighted by Crippen LogP contribution is 2.20. The third kappa shape index (κ3) is 6.66. The molecule has 0 unspecified atom stereocenters. The highest BCUT2D eigenvalue weighted by atomic mass is 32.2. The Labute approximate surface area is 172 Å². The first kappa shape index (κ1) is 21.5. The van der Waals surface area contributed by atoms with Crippen LogP contribution >= 0.6 is 0 Å². The minimum atomic E-state index is -3.72. The summed E-state index contributed by atoms with van der Waals surface area (Å²) in [5, 5.41) is 12.2. The van der Waals surface area contributed by atoms with Crippen molar-refractivity contribution in [1.82, 2.24) is 14.7 Å². The molecular weight excluding hydrogens is 390 g/mol. The first-order chi connectivity index (χ1) is 13.9. The molecule has 0 spiro atoms. The van der Waals surface area contributed by atoms with E-state index < -0.39 is 10.0 Å². The van der Waals surface area contributed by atoms with Gasteiger partial charge in [0.15, 0.2) is 0 Å². The number of nitrogens with zero attached hydrogens (tertiary/aromatic N) is 3. The van der Waals surface area contributed by atoms with Gasteiger partial charge in [-0.2, -0.15) is 5.10 Å². The minimum absolute atomic E-state index is 0.00720. The van der Waals surface area contributed by atoms with Crippen LogP contribution in [-0.2, 0) is 21.4 Å². The molecular formula is C20H29N5O3S. The van der Waals surface area contributed by atoms with E-state index in [4.69, 9.17) is 5.14 Å². The van der Waals surface area contributed by atoms with Gasteiger partial charge < -0.3 is 10.2 Å². The summed E-state index contributed by atoms with van der Waals surface area (Å²) in [6, 6.07) is 7.88. The molecule has 158 valence electrons. The van der Waals surface area contributed by atoms with E-state index in [1.165, 1.54) is 18.6 Å². The van der Waals surface area contributed by atoms with Crippen LogP contribution in [0.5, 0.6) is 0 Å². The summed E-state index contributed by atoms with van der Waals surface area (Å²) in [7, 11) is -3.72. The van der Waals surface area contributed by atoms with E-state index in [0.29, 0.717) is 5.69 Å². The lowest BCUT2D eigenvalue weighted by Gasteiger charge is -2.31. The van der Waals surface area contributed by atoms with Crippen LogP contribution in [0.2, 0.25) is 0 Å². The quantitative estimate of drug-likeness (QED) is 0.605. The number of rotatable bonds is 9. The van der Waals surface area contributed by atoms with Crippen molar-refractivity contribution in [3.8, 4) is 0 Å². The topological polar surface area (TPSA) is 110 Å². The van der Waals surface area contributed by atoms with Crippen LogP contribution in [0.4, 0.5) is 5.69 Å². The average Bonchev–Trinajstić information content (AvgIpc) is 3.21. The predicted molar refractivity (Wildman–Crippen MR) is 112 cm³/mol. The number of nitrogens with two attached hydrogens (primary N) is 1. The van der Waals surface area contributed by atoms with Gasteiger partial charge in [0.25, 0.3) is 0 Å². The second-order valence-corrected chi connectivity index (χ2v) is 9.07. The second-order valence-electron chi connectivity index (χ2n) is 7.50. The van der Waals surface area contributed by atoms with Gasteiger partial charge in [0.2, 0.25) is 15.9 Å². The van der Waals surface area contributed by atoms with E-state index in [0.717, 1.165) is 51.9 Å². The summed E-state index contributed by atoms with van der Waals surface area (Å²) in [6.45, 7) is 3.90. The third-order valence-electron chi connectivity index (χ3n) is 5.33. The molecule has 1 amide bonds. The lowest BCUT2D eigenvalue weighted by atomic mass is 9.95. The van der Waals surface area contributed by atoms with Crippen LogP contribution in [0, 0.1) is 5.92 Å². The summed E-state index contributed by atoms with van der Waals surface area (Å²) >= 11 is 0. The van der Waals surface area contributed by atoms with Crippen molar-refractivity contribution in [2.45, 2.75) is 43.5 Å². The van der Waals surface area contributed by atoms with Gasteiger partial charge in [0.1, 0.15) is 0 Å². The molecule has 1 aliphatic heterocycles. The van der Waals surface area contributed by atoms with Gasteiger partial charge in [0.05, 0.1) is 4.90 Å². The number of anilines is 1. The largest absolute Gasteiger partial charge is 0.326 e. The maximum atomic E-state index is 12.5. The normalized spacial score (nSPS) is 16.0. The molecule has 1 aliphatic rings. The van der Waals surface area contributed by atoms with Gasteiger partial charge >= 0.3 is 0 Å². The maximum Gasteiger partial charge on any atom is 0.238 e. The number of hydrogen-bond donors (Lipinski definition) is 2. The molecule has 3 N–H and O–H groups in total. The van der Waals surface area contributed by atoms with Gasteiger partial charge in [-0.3, -0.25) is 9.48 Å². The fourth-order valence-corrected chi connectivity index (χ4v) is 4.13. The number of hydrogen-bond acceptors (Lipinski definition) is 5. The molecule has 3 rings (SSSR count). The van der Waals surface area contributed by atoms with E-state index in [9.17, 15) is 13.2 Å². The van der Waals surface area contributed by atoms with Crippen molar-refractivity contribution < 1.29 is 13.2 Å². The van der Waals surface area contributed by atoms with Crippen LogP contribution in [0.1, 0.15) is 32.1 Å². The number of carbonyl (C=O) groups excluding carboxylic acids is 1. The minimum Gasteiger partial charge on any atom is -0.326 e. The fraction of sp³-hybridized carbons (Fsp3) is 0.500. The lowest BCUT2D eigenvalue weighted by molar-refractivity contribution is -0.121. The number of piperidine rings is 1. The van der Waals surface area contributed by atoms with Gasteiger partial charge in [-0.25, -0.2) is 13.6 Å². The summed E-state index contributed by atoms with van der Waals surface area (Å²) < 4.78 is 24.5. The summed E-state index contributed by atoms with van der Waals surface area (Å²) in [4.78, 5) is 15.0. The monoisotopic (exact) mass is 419 g/mol. The van der Waals surface area contributed by atoms with Crippen molar-refractivity contribution in [3.05, 3.63) is 42.7 Å². The molecule has 0 atom stereocenters. The van der Waals surface area contributed by atoms with Gasteiger partial charge in [0, 0.05) is 30.5 Å². The number of primary sulfonamides is 1. The Hall–Kier alpha value is -2.23. The number of aromatic nitrogens is 2. The van der Waals surface area contributed by atoms with E-state index in [-0.39, 0.29) is 16.7 Å². The molecule has 1 fully saturated rings. The molecule has 9 heteroatoms. The van der Waals surface area contributed by atoms with Crippen LogP contribution in [0.25, 0.3) is 0 Å². The summed E-state index contributed by atoms with van der Waals surface area (Å²) in [5.74, 6) is -0.0174. The Bertz CT molecular complexity index is 873. The van der Waals surface area contributed by atoms with Crippen LogP contribution in [-0.4, -0.2) is 48.6 Å². The van der Waals surface area contributed by atoms with Crippen LogP contribution in [0.15, 0.2) is 47.6 Å². The number of amides is 1.